The van der Waals surface area contributed by atoms with Crippen LogP contribution >= 0.6 is 24.0 Å². The van der Waals surface area contributed by atoms with Gasteiger partial charge in [0.15, 0.2) is 5.96 Å². The molecule has 30 heavy (non-hydrogen) atoms. The second-order valence-corrected chi connectivity index (χ2v) is 8.14. The number of alkyl carbamates (subject to hydrolysis) is 1. The van der Waals surface area contributed by atoms with Gasteiger partial charge in [-0.15, -0.1) is 24.0 Å². The summed E-state index contributed by atoms with van der Waals surface area (Å²) in [6.45, 7) is 11.5. The lowest BCUT2D eigenvalue weighted by Gasteiger charge is -2.34. The molecule has 1 saturated heterocycles. The Balaban J connectivity index is 0.00000450. The summed E-state index contributed by atoms with van der Waals surface area (Å²) in [7, 11) is 0. The third kappa shape index (κ3) is 10.4. The third-order valence-corrected chi connectivity index (χ3v) is 4.39. The van der Waals surface area contributed by atoms with Crippen molar-refractivity contribution in [3.63, 3.8) is 0 Å². The van der Waals surface area contributed by atoms with Crippen LogP contribution < -0.4 is 15.4 Å². The maximum Gasteiger partial charge on any atom is 0.407 e. The standard InChI is InChI=1S/C22H36N4O3.HI/c1-5-23-20(24-14-9-15-25-21(27)29-22(2,3)4)26-16-12-19(13-17-26)28-18-10-7-6-8-11-18;/h6-8,10-11,19H,5,9,12-17H2,1-4H3,(H,23,24)(H,25,27);1H. The summed E-state index contributed by atoms with van der Waals surface area (Å²) < 4.78 is 11.3. The van der Waals surface area contributed by atoms with Crippen LogP contribution in [-0.4, -0.2) is 61.4 Å². The molecule has 1 aliphatic heterocycles. The predicted octanol–water partition coefficient (Wildman–Crippen LogP) is 4.03. The molecule has 0 atom stereocenters. The largest absolute Gasteiger partial charge is 0.490 e. The molecule has 0 aliphatic carbocycles. The minimum atomic E-state index is -0.475. The molecule has 1 heterocycles. The van der Waals surface area contributed by atoms with Gasteiger partial charge in [-0.2, -0.15) is 0 Å². The van der Waals surface area contributed by atoms with Crippen LogP contribution in [0.25, 0.3) is 0 Å². The SMILES string of the molecule is CCNC(=NCCCNC(=O)OC(C)(C)C)N1CCC(Oc2ccccc2)CC1.I. The summed E-state index contributed by atoms with van der Waals surface area (Å²) in [6, 6.07) is 10.0. The highest BCUT2D eigenvalue weighted by Gasteiger charge is 2.22. The number of ether oxygens (including phenoxy) is 2. The van der Waals surface area contributed by atoms with Crippen LogP contribution in [-0.2, 0) is 4.74 Å². The van der Waals surface area contributed by atoms with Crippen molar-refractivity contribution in [3.8, 4) is 5.75 Å². The summed E-state index contributed by atoms with van der Waals surface area (Å²) in [4.78, 5) is 18.7. The Bertz CT molecular complexity index is 642. The van der Waals surface area contributed by atoms with Gasteiger partial charge in [0.1, 0.15) is 17.5 Å². The maximum atomic E-state index is 11.7. The zero-order chi connectivity index (χ0) is 21.1. The summed E-state index contributed by atoms with van der Waals surface area (Å²) in [6.07, 6.45) is 2.57. The van der Waals surface area contributed by atoms with Crippen molar-refractivity contribution in [2.24, 2.45) is 4.99 Å². The molecule has 1 amide bonds. The van der Waals surface area contributed by atoms with Crippen LogP contribution in [0.2, 0.25) is 0 Å². The van der Waals surface area contributed by atoms with Crippen molar-refractivity contribution in [3.05, 3.63) is 30.3 Å². The number of nitrogens with zero attached hydrogens (tertiary/aromatic N) is 2. The van der Waals surface area contributed by atoms with Gasteiger partial charge in [-0.3, -0.25) is 4.99 Å². The van der Waals surface area contributed by atoms with E-state index in [2.05, 4.69) is 22.5 Å². The van der Waals surface area contributed by atoms with Crippen LogP contribution in [0, 0.1) is 0 Å². The van der Waals surface area contributed by atoms with Crippen molar-refractivity contribution in [1.29, 1.82) is 0 Å². The van der Waals surface area contributed by atoms with Gasteiger partial charge in [-0.1, -0.05) is 18.2 Å². The molecule has 2 N–H and O–H groups in total. The number of benzene rings is 1. The van der Waals surface area contributed by atoms with Gasteiger partial charge < -0.3 is 25.0 Å². The Morgan fingerprint density at radius 2 is 1.83 bits per heavy atom. The minimum absolute atomic E-state index is 0. The fraction of sp³-hybridized carbons (Fsp3) is 0.636. The number of nitrogens with one attached hydrogen (secondary N) is 2. The number of guanidine groups is 1. The monoisotopic (exact) mass is 532 g/mol. The van der Waals surface area contributed by atoms with E-state index >= 15 is 0 Å². The van der Waals surface area contributed by atoms with Gasteiger partial charge in [0.25, 0.3) is 0 Å². The zero-order valence-corrected chi connectivity index (χ0v) is 21.0. The van der Waals surface area contributed by atoms with Gasteiger partial charge in [0.05, 0.1) is 0 Å². The highest BCUT2D eigenvalue weighted by Crippen LogP contribution is 2.18. The predicted molar refractivity (Wildman–Crippen MR) is 132 cm³/mol. The number of halogens is 1. The number of carbonyl (C=O) groups is 1. The first-order chi connectivity index (χ1) is 13.9. The lowest BCUT2D eigenvalue weighted by molar-refractivity contribution is 0.0527. The number of amides is 1. The average molecular weight is 532 g/mol. The van der Waals surface area contributed by atoms with E-state index in [0.717, 1.165) is 50.6 Å². The molecular formula is C22H37IN4O3. The Labute approximate surface area is 198 Å². The lowest BCUT2D eigenvalue weighted by atomic mass is 10.1. The van der Waals surface area contributed by atoms with Crippen LogP contribution in [0.5, 0.6) is 5.75 Å². The molecular weight excluding hydrogens is 495 g/mol. The zero-order valence-electron chi connectivity index (χ0n) is 18.6. The lowest BCUT2D eigenvalue weighted by Crippen LogP contribution is -2.47. The van der Waals surface area contributed by atoms with E-state index in [0.29, 0.717) is 13.1 Å². The Morgan fingerprint density at radius 3 is 2.43 bits per heavy atom. The van der Waals surface area contributed by atoms with E-state index in [1.54, 1.807) is 0 Å². The number of likely N-dealkylation sites (tertiary alicyclic amines) is 1. The number of piperidine rings is 1. The minimum Gasteiger partial charge on any atom is -0.490 e. The third-order valence-electron chi connectivity index (χ3n) is 4.39. The normalized spacial score (nSPS) is 15.2. The van der Waals surface area contributed by atoms with Crippen molar-refractivity contribution in [2.75, 3.05) is 32.7 Å². The molecule has 170 valence electrons. The topological polar surface area (TPSA) is 75.2 Å². The average Bonchev–Trinajstić information content (AvgIpc) is 2.67. The first kappa shape index (κ1) is 26.3. The molecule has 0 bridgehead atoms. The summed E-state index contributed by atoms with van der Waals surface area (Å²) in [5.41, 5.74) is -0.475. The second kappa shape index (κ2) is 13.6. The molecule has 1 aromatic carbocycles. The summed E-state index contributed by atoms with van der Waals surface area (Å²) in [5.74, 6) is 1.87. The van der Waals surface area contributed by atoms with Crippen molar-refractivity contribution in [2.45, 2.75) is 58.7 Å². The van der Waals surface area contributed by atoms with E-state index in [4.69, 9.17) is 14.5 Å². The second-order valence-electron chi connectivity index (χ2n) is 8.14. The van der Waals surface area contributed by atoms with E-state index in [9.17, 15) is 4.79 Å². The van der Waals surface area contributed by atoms with Gasteiger partial charge in [-0.05, 0) is 46.2 Å². The Kier molecular flexibility index (Phi) is 11.9. The first-order valence-corrected chi connectivity index (χ1v) is 10.6. The molecule has 0 radical (unpaired) electrons. The number of para-hydroxylation sites is 1. The first-order valence-electron chi connectivity index (χ1n) is 10.6. The smallest absolute Gasteiger partial charge is 0.407 e. The number of hydrogen-bond donors (Lipinski definition) is 2. The van der Waals surface area contributed by atoms with E-state index in [1.165, 1.54) is 0 Å². The maximum absolute atomic E-state index is 11.7. The molecule has 1 fully saturated rings. The molecule has 0 saturated carbocycles. The van der Waals surface area contributed by atoms with Gasteiger partial charge in [0.2, 0.25) is 0 Å². The van der Waals surface area contributed by atoms with E-state index in [1.807, 2.05) is 51.1 Å². The number of hydrogen-bond acceptors (Lipinski definition) is 4. The van der Waals surface area contributed by atoms with E-state index in [-0.39, 0.29) is 36.2 Å². The highest BCUT2D eigenvalue weighted by atomic mass is 127. The Morgan fingerprint density at radius 1 is 1.17 bits per heavy atom. The number of aliphatic imine (C=N–C) groups is 1. The molecule has 8 heteroatoms. The number of carbonyl (C=O) groups excluding carboxylic acids is 1. The van der Waals surface area contributed by atoms with Crippen LogP contribution in [0.15, 0.2) is 35.3 Å². The van der Waals surface area contributed by atoms with Gasteiger partial charge in [-0.25, -0.2) is 4.79 Å². The molecule has 7 nitrogen and oxygen atoms in total. The van der Waals surface area contributed by atoms with Crippen molar-refractivity contribution < 1.29 is 14.3 Å². The fourth-order valence-electron chi connectivity index (χ4n) is 3.07. The highest BCUT2D eigenvalue weighted by molar-refractivity contribution is 14.0. The molecule has 1 aromatic rings. The van der Waals surface area contributed by atoms with Gasteiger partial charge >= 0.3 is 6.09 Å². The van der Waals surface area contributed by atoms with Gasteiger partial charge in [0, 0.05) is 45.6 Å². The quantitative estimate of drug-likeness (QED) is 0.240. The summed E-state index contributed by atoms with van der Waals surface area (Å²) in [5, 5.41) is 6.14. The van der Waals surface area contributed by atoms with Crippen molar-refractivity contribution in [1.82, 2.24) is 15.5 Å². The molecule has 2 rings (SSSR count). The molecule has 0 unspecified atom stereocenters. The van der Waals surface area contributed by atoms with Crippen LogP contribution in [0.1, 0.15) is 47.0 Å². The van der Waals surface area contributed by atoms with Crippen LogP contribution in [0.3, 0.4) is 0 Å². The molecule has 0 aromatic heterocycles. The fourth-order valence-corrected chi connectivity index (χ4v) is 3.07. The number of rotatable bonds is 7. The Hall–Kier alpha value is -1.71. The van der Waals surface area contributed by atoms with Crippen molar-refractivity contribution >= 4 is 36.0 Å². The van der Waals surface area contributed by atoms with Crippen LogP contribution in [0.4, 0.5) is 4.79 Å². The molecule has 0 spiro atoms. The van der Waals surface area contributed by atoms with E-state index < -0.39 is 5.60 Å². The molecule has 1 aliphatic rings. The summed E-state index contributed by atoms with van der Waals surface area (Å²) >= 11 is 0.